The molecule has 8 nitrogen and oxygen atoms in total. The van der Waals surface area contributed by atoms with Crippen molar-refractivity contribution in [2.75, 3.05) is 34.0 Å². The van der Waals surface area contributed by atoms with Gasteiger partial charge in [-0.05, 0) is 56.2 Å². The van der Waals surface area contributed by atoms with Gasteiger partial charge in [0.15, 0.2) is 0 Å². The number of rotatable bonds is 9. The van der Waals surface area contributed by atoms with E-state index in [-0.39, 0.29) is 6.04 Å². The van der Waals surface area contributed by atoms with Crippen molar-refractivity contribution in [3.8, 4) is 0 Å². The Morgan fingerprint density at radius 2 is 1.85 bits per heavy atom. The lowest BCUT2D eigenvalue weighted by atomic mass is 10.2. The zero-order chi connectivity index (χ0) is 24.1. The minimum absolute atomic E-state index is 0.153. The van der Waals surface area contributed by atoms with Gasteiger partial charge in [0.2, 0.25) is 5.95 Å². The molecular weight excluding hydrogens is 424 g/mol. The summed E-state index contributed by atoms with van der Waals surface area (Å²) in [6.07, 6.45) is 9.18. The Balaban J connectivity index is 1.40. The fourth-order valence-corrected chi connectivity index (χ4v) is 3.72. The number of benzene rings is 1. The summed E-state index contributed by atoms with van der Waals surface area (Å²) in [5, 5.41) is 6.48. The zero-order valence-corrected chi connectivity index (χ0v) is 19.7. The van der Waals surface area contributed by atoms with E-state index in [1.54, 1.807) is 12.3 Å². The third-order valence-corrected chi connectivity index (χ3v) is 5.73. The lowest BCUT2D eigenvalue weighted by Gasteiger charge is -2.21. The minimum Gasteiger partial charge on any atom is -0.356 e. The monoisotopic (exact) mass is 454 g/mol. The van der Waals surface area contributed by atoms with Crippen molar-refractivity contribution in [2.45, 2.75) is 25.8 Å². The van der Waals surface area contributed by atoms with Gasteiger partial charge in [-0.25, -0.2) is 15.0 Å². The van der Waals surface area contributed by atoms with Crippen LogP contribution in [0.3, 0.4) is 0 Å². The van der Waals surface area contributed by atoms with E-state index in [0.29, 0.717) is 11.8 Å². The van der Waals surface area contributed by atoms with Crippen molar-refractivity contribution in [3.63, 3.8) is 0 Å². The molecule has 0 amide bonds. The molecule has 3 aromatic rings. The average molecular weight is 455 g/mol. The topological polar surface area (TPSA) is 82.1 Å². The van der Waals surface area contributed by atoms with Gasteiger partial charge in [0.25, 0.3) is 0 Å². The van der Waals surface area contributed by atoms with E-state index >= 15 is 0 Å². The smallest absolute Gasteiger partial charge is 0.225 e. The maximum atomic E-state index is 4.65. The summed E-state index contributed by atoms with van der Waals surface area (Å²) in [5.41, 5.74) is 4.71. The Hall–Kier alpha value is -4.20. The van der Waals surface area contributed by atoms with Crippen molar-refractivity contribution < 1.29 is 0 Å². The Kier molecular flexibility index (Phi) is 6.87. The van der Waals surface area contributed by atoms with Crippen LogP contribution in [-0.4, -0.2) is 33.5 Å². The molecule has 1 aliphatic heterocycles. The van der Waals surface area contributed by atoms with Crippen LogP contribution >= 0.6 is 0 Å². The quantitative estimate of drug-likeness (QED) is 0.414. The van der Waals surface area contributed by atoms with Crippen LogP contribution in [0.25, 0.3) is 0 Å². The first-order valence-corrected chi connectivity index (χ1v) is 11.2. The predicted molar refractivity (Wildman–Crippen MR) is 139 cm³/mol. The SMILES string of the molecule is C=CC(=C)Nc1ccc(N(C)c2cnc(C(C)Nc3nccc(N4CCCC4=C)n3)nc2)cc1. The molecule has 0 spiro atoms. The average Bonchev–Trinajstić information content (AvgIpc) is 3.30. The van der Waals surface area contributed by atoms with Crippen LogP contribution in [0, 0.1) is 0 Å². The van der Waals surface area contributed by atoms with Crippen molar-refractivity contribution in [2.24, 2.45) is 0 Å². The third-order valence-electron chi connectivity index (χ3n) is 5.73. The van der Waals surface area contributed by atoms with Crippen molar-refractivity contribution in [1.82, 2.24) is 19.9 Å². The van der Waals surface area contributed by atoms with Crippen LogP contribution in [0.2, 0.25) is 0 Å². The van der Waals surface area contributed by atoms with E-state index in [0.717, 1.165) is 53.7 Å². The van der Waals surface area contributed by atoms with Gasteiger partial charge in [0.1, 0.15) is 11.6 Å². The molecular formula is C26H30N8. The summed E-state index contributed by atoms with van der Waals surface area (Å²) in [6.45, 7) is 14.6. The van der Waals surface area contributed by atoms with E-state index in [4.69, 9.17) is 0 Å². The van der Waals surface area contributed by atoms with Crippen LogP contribution in [0.15, 0.2) is 86.1 Å². The highest BCUT2D eigenvalue weighted by Crippen LogP contribution is 2.27. The number of allylic oxidation sites excluding steroid dienone is 2. The number of hydrogen-bond donors (Lipinski definition) is 2. The largest absolute Gasteiger partial charge is 0.356 e. The van der Waals surface area contributed by atoms with Crippen molar-refractivity contribution >= 4 is 28.8 Å². The summed E-state index contributed by atoms with van der Waals surface area (Å²) in [6, 6.07) is 9.79. The van der Waals surface area contributed by atoms with Gasteiger partial charge in [-0.2, -0.15) is 4.98 Å². The summed E-state index contributed by atoms with van der Waals surface area (Å²) in [7, 11) is 1.98. The summed E-state index contributed by atoms with van der Waals surface area (Å²) >= 11 is 0. The molecule has 1 unspecified atom stereocenters. The highest BCUT2D eigenvalue weighted by molar-refractivity contribution is 5.64. The molecule has 0 radical (unpaired) electrons. The van der Waals surface area contributed by atoms with Crippen molar-refractivity contribution in [3.05, 3.63) is 92.0 Å². The summed E-state index contributed by atoms with van der Waals surface area (Å²) < 4.78 is 0. The number of aromatic nitrogens is 4. The van der Waals surface area contributed by atoms with Crippen LogP contribution < -0.4 is 20.4 Å². The molecule has 2 N–H and O–H groups in total. The van der Waals surface area contributed by atoms with E-state index in [9.17, 15) is 0 Å². The van der Waals surface area contributed by atoms with Gasteiger partial charge >= 0.3 is 0 Å². The molecule has 1 fully saturated rings. The van der Waals surface area contributed by atoms with Gasteiger partial charge in [-0.3, -0.25) is 0 Å². The fraction of sp³-hybridized carbons (Fsp3) is 0.231. The lowest BCUT2D eigenvalue weighted by molar-refractivity contribution is 0.774. The van der Waals surface area contributed by atoms with Crippen molar-refractivity contribution in [1.29, 1.82) is 0 Å². The number of nitrogens with zero attached hydrogens (tertiary/aromatic N) is 6. The van der Waals surface area contributed by atoms with E-state index < -0.39 is 0 Å². The molecule has 34 heavy (non-hydrogen) atoms. The van der Waals surface area contributed by atoms with E-state index in [1.165, 1.54) is 0 Å². The minimum atomic E-state index is -0.153. The second kappa shape index (κ2) is 10.2. The standard InChI is InChI=1S/C26H30N8/c1-6-18(2)30-21-9-11-22(12-10-21)33(5)23-16-28-25(29-17-23)20(4)31-26-27-14-13-24(32-26)34-15-7-8-19(34)3/h6,9-14,16-17,20,30H,1-3,7-8,15H2,4-5H3,(H,27,31,32). The van der Waals surface area contributed by atoms with Gasteiger partial charge in [-0.15, -0.1) is 0 Å². The fourth-order valence-electron chi connectivity index (χ4n) is 3.72. The molecule has 1 aromatic carbocycles. The highest BCUT2D eigenvalue weighted by atomic mass is 15.2. The van der Waals surface area contributed by atoms with Crippen LogP contribution in [0.1, 0.15) is 31.6 Å². The highest BCUT2D eigenvalue weighted by Gasteiger charge is 2.19. The molecule has 1 saturated heterocycles. The maximum absolute atomic E-state index is 4.65. The molecule has 174 valence electrons. The van der Waals surface area contributed by atoms with Crippen LogP contribution in [0.5, 0.6) is 0 Å². The molecule has 8 heteroatoms. The van der Waals surface area contributed by atoms with Gasteiger partial charge in [-0.1, -0.05) is 19.7 Å². The van der Waals surface area contributed by atoms with E-state index in [2.05, 4.69) is 55.2 Å². The first-order chi connectivity index (χ1) is 16.4. The second-order valence-corrected chi connectivity index (χ2v) is 8.19. The lowest BCUT2D eigenvalue weighted by Crippen LogP contribution is -2.19. The Morgan fingerprint density at radius 3 is 2.50 bits per heavy atom. The number of nitrogens with one attached hydrogen (secondary N) is 2. The zero-order valence-electron chi connectivity index (χ0n) is 19.7. The number of hydrogen-bond acceptors (Lipinski definition) is 8. The molecule has 1 atom stereocenters. The van der Waals surface area contributed by atoms with Crippen LogP contribution in [0.4, 0.5) is 28.8 Å². The first-order valence-electron chi connectivity index (χ1n) is 11.2. The van der Waals surface area contributed by atoms with Gasteiger partial charge in [0.05, 0.1) is 24.1 Å². The molecule has 4 rings (SSSR count). The normalized spacial score (nSPS) is 13.9. The van der Waals surface area contributed by atoms with Crippen LogP contribution in [-0.2, 0) is 0 Å². The second-order valence-electron chi connectivity index (χ2n) is 8.19. The Labute approximate surface area is 200 Å². The molecule has 0 aliphatic carbocycles. The molecule has 1 aliphatic rings. The Bertz CT molecular complexity index is 1170. The van der Waals surface area contributed by atoms with Gasteiger partial charge in [0, 0.05) is 42.6 Å². The number of anilines is 5. The Morgan fingerprint density at radius 1 is 1.12 bits per heavy atom. The van der Waals surface area contributed by atoms with Gasteiger partial charge < -0.3 is 20.4 Å². The van der Waals surface area contributed by atoms with E-state index in [1.807, 2.05) is 61.6 Å². The molecule has 0 saturated carbocycles. The third kappa shape index (κ3) is 5.23. The predicted octanol–water partition coefficient (Wildman–Crippen LogP) is 5.43. The summed E-state index contributed by atoms with van der Waals surface area (Å²) in [5.74, 6) is 2.07. The first kappa shape index (κ1) is 23.0. The summed E-state index contributed by atoms with van der Waals surface area (Å²) in [4.78, 5) is 22.3. The molecule has 3 heterocycles. The molecule has 0 bridgehead atoms. The molecule has 2 aromatic heterocycles. The maximum Gasteiger partial charge on any atom is 0.225 e.